The quantitative estimate of drug-likeness (QED) is 0.742. The van der Waals surface area contributed by atoms with Crippen LogP contribution in [0.4, 0.5) is 0 Å². The molecular formula is C11H11NO4. The fraction of sp³-hybridized carbons (Fsp3) is 0.273. The van der Waals surface area contributed by atoms with E-state index in [4.69, 9.17) is 14.0 Å². The van der Waals surface area contributed by atoms with Gasteiger partial charge >= 0.3 is 5.97 Å². The van der Waals surface area contributed by atoms with E-state index < -0.39 is 5.97 Å². The molecule has 1 heterocycles. The molecule has 0 bridgehead atoms. The maximum Gasteiger partial charge on any atom is 0.361 e. The molecule has 16 heavy (non-hydrogen) atoms. The van der Waals surface area contributed by atoms with Gasteiger partial charge in [-0.1, -0.05) is 11.2 Å². The minimum atomic E-state index is -0.509. The van der Waals surface area contributed by atoms with Gasteiger partial charge in [0.2, 0.25) is 5.69 Å². The lowest BCUT2D eigenvalue weighted by molar-refractivity contribution is 0.0516. The van der Waals surface area contributed by atoms with E-state index in [1.54, 1.807) is 25.1 Å². The van der Waals surface area contributed by atoms with Gasteiger partial charge in [0.05, 0.1) is 19.1 Å². The van der Waals surface area contributed by atoms with Gasteiger partial charge in [-0.15, -0.1) is 0 Å². The Labute approximate surface area is 91.9 Å². The molecule has 0 saturated heterocycles. The summed E-state index contributed by atoms with van der Waals surface area (Å²) in [5.74, 6) is 0.0348. The van der Waals surface area contributed by atoms with Crippen LogP contribution < -0.4 is 4.74 Å². The molecule has 0 aliphatic rings. The van der Waals surface area contributed by atoms with Crippen molar-refractivity contribution in [3.05, 3.63) is 23.9 Å². The second kappa shape index (κ2) is 4.22. The molecule has 2 rings (SSSR count). The molecule has 0 aliphatic carbocycles. The molecule has 0 radical (unpaired) electrons. The average molecular weight is 221 g/mol. The lowest BCUT2D eigenvalue weighted by atomic mass is 10.2. The van der Waals surface area contributed by atoms with Crippen molar-refractivity contribution in [2.75, 3.05) is 13.7 Å². The van der Waals surface area contributed by atoms with Gasteiger partial charge in [0.25, 0.3) is 0 Å². The Kier molecular flexibility index (Phi) is 2.76. The van der Waals surface area contributed by atoms with Crippen LogP contribution in [0.15, 0.2) is 22.7 Å². The number of hydrogen-bond donors (Lipinski definition) is 0. The molecule has 0 unspecified atom stereocenters. The predicted octanol–water partition coefficient (Wildman–Crippen LogP) is 2.01. The molecule has 0 aliphatic heterocycles. The van der Waals surface area contributed by atoms with Crippen molar-refractivity contribution < 1.29 is 18.8 Å². The van der Waals surface area contributed by atoms with Crippen LogP contribution in [0.1, 0.15) is 17.4 Å². The molecule has 84 valence electrons. The number of rotatable bonds is 3. The zero-order valence-electron chi connectivity index (χ0n) is 9.02. The lowest BCUT2D eigenvalue weighted by Gasteiger charge is -2.01. The second-order valence-electron chi connectivity index (χ2n) is 3.09. The predicted molar refractivity (Wildman–Crippen MR) is 56.5 cm³/mol. The van der Waals surface area contributed by atoms with Crippen LogP contribution in [0.2, 0.25) is 0 Å². The number of carbonyl (C=O) groups excluding carboxylic acids is 1. The molecule has 0 saturated carbocycles. The second-order valence-corrected chi connectivity index (χ2v) is 3.09. The molecule has 5 nitrogen and oxygen atoms in total. The number of benzene rings is 1. The molecule has 2 aromatic rings. The number of fused-ring (bicyclic) bond motifs is 1. The molecular weight excluding hydrogens is 210 g/mol. The van der Waals surface area contributed by atoms with Crippen molar-refractivity contribution in [2.24, 2.45) is 0 Å². The summed E-state index contributed by atoms with van der Waals surface area (Å²) in [5.41, 5.74) is 0.650. The van der Waals surface area contributed by atoms with Crippen molar-refractivity contribution in [2.45, 2.75) is 6.92 Å². The van der Waals surface area contributed by atoms with E-state index in [9.17, 15) is 4.79 Å². The van der Waals surface area contributed by atoms with Gasteiger partial charge < -0.3 is 14.0 Å². The number of esters is 1. The van der Waals surface area contributed by atoms with E-state index in [0.29, 0.717) is 23.3 Å². The Morgan fingerprint density at radius 3 is 3.00 bits per heavy atom. The molecule has 0 spiro atoms. The van der Waals surface area contributed by atoms with E-state index >= 15 is 0 Å². The highest BCUT2D eigenvalue weighted by atomic mass is 16.5. The average Bonchev–Trinajstić information content (AvgIpc) is 2.72. The minimum absolute atomic E-state index is 0.148. The van der Waals surface area contributed by atoms with Crippen molar-refractivity contribution >= 4 is 16.9 Å². The van der Waals surface area contributed by atoms with E-state index in [2.05, 4.69) is 5.16 Å². The van der Waals surface area contributed by atoms with Crippen LogP contribution in [0.5, 0.6) is 5.75 Å². The summed E-state index contributed by atoms with van der Waals surface area (Å²) < 4.78 is 15.1. The van der Waals surface area contributed by atoms with Crippen molar-refractivity contribution in [3.63, 3.8) is 0 Å². The van der Waals surface area contributed by atoms with Crippen LogP contribution in [0, 0.1) is 0 Å². The summed E-state index contributed by atoms with van der Waals surface area (Å²) in [5, 5.41) is 4.24. The summed E-state index contributed by atoms with van der Waals surface area (Å²) in [6, 6.07) is 5.22. The van der Waals surface area contributed by atoms with E-state index in [-0.39, 0.29) is 5.69 Å². The first-order valence-corrected chi connectivity index (χ1v) is 4.87. The van der Waals surface area contributed by atoms with Gasteiger partial charge in [-0.3, -0.25) is 0 Å². The maximum absolute atomic E-state index is 11.6. The molecule has 0 fully saturated rings. The summed E-state index contributed by atoms with van der Waals surface area (Å²) >= 11 is 0. The molecule has 1 aromatic heterocycles. The van der Waals surface area contributed by atoms with Gasteiger partial charge in [0.15, 0.2) is 5.58 Å². The number of ether oxygens (including phenoxy) is 2. The van der Waals surface area contributed by atoms with Crippen molar-refractivity contribution in [1.82, 2.24) is 5.16 Å². The van der Waals surface area contributed by atoms with Gasteiger partial charge in [-0.2, -0.15) is 0 Å². The summed E-state index contributed by atoms with van der Waals surface area (Å²) in [4.78, 5) is 11.6. The van der Waals surface area contributed by atoms with Gasteiger partial charge in [-0.05, 0) is 19.1 Å². The van der Waals surface area contributed by atoms with Crippen LogP contribution in [-0.2, 0) is 4.74 Å². The maximum atomic E-state index is 11.6. The standard InChI is InChI=1S/C11H11NO4/c1-3-15-11(13)10-9-7(14-2)5-4-6-8(9)16-12-10/h4-6H,3H2,1-2H3. The summed E-state index contributed by atoms with van der Waals surface area (Å²) in [7, 11) is 1.52. The molecule has 5 heteroatoms. The largest absolute Gasteiger partial charge is 0.496 e. The number of hydrogen-bond acceptors (Lipinski definition) is 5. The third-order valence-corrected chi connectivity index (χ3v) is 2.15. The number of carbonyl (C=O) groups is 1. The Bertz CT molecular complexity index is 518. The topological polar surface area (TPSA) is 61.6 Å². The van der Waals surface area contributed by atoms with Gasteiger partial charge in [-0.25, -0.2) is 4.79 Å². The molecule has 0 amide bonds. The van der Waals surface area contributed by atoms with Crippen LogP contribution in [0.3, 0.4) is 0 Å². The fourth-order valence-electron chi connectivity index (χ4n) is 1.47. The third-order valence-electron chi connectivity index (χ3n) is 2.15. The zero-order chi connectivity index (χ0) is 11.5. The Hall–Kier alpha value is -2.04. The van der Waals surface area contributed by atoms with E-state index in [1.165, 1.54) is 7.11 Å². The summed E-state index contributed by atoms with van der Waals surface area (Å²) in [6.45, 7) is 2.03. The Morgan fingerprint density at radius 1 is 1.50 bits per heavy atom. The normalized spacial score (nSPS) is 10.4. The highest BCUT2D eigenvalue weighted by molar-refractivity contribution is 6.03. The lowest BCUT2D eigenvalue weighted by Crippen LogP contribution is -2.05. The molecule has 1 aromatic carbocycles. The SMILES string of the molecule is CCOC(=O)c1noc2cccc(OC)c12. The number of nitrogens with zero attached hydrogens (tertiary/aromatic N) is 1. The van der Waals surface area contributed by atoms with Crippen molar-refractivity contribution in [3.8, 4) is 5.75 Å². The van der Waals surface area contributed by atoms with Crippen LogP contribution in [0.25, 0.3) is 11.0 Å². The van der Waals surface area contributed by atoms with Gasteiger partial charge in [0.1, 0.15) is 5.75 Å². The first kappa shape index (κ1) is 10.5. The molecule has 0 atom stereocenters. The minimum Gasteiger partial charge on any atom is -0.496 e. The fourth-order valence-corrected chi connectivity index (χ4v) is 1.47. The first-order valence-electron chi connectivity index (χ1n) is 4.87. The zero-order valence-corrected chi connectivity index (χ0v) is 9.02. The Balaban J connectivity index is 2.58. The smallest absolute Gasteiger partial charge is 0.361 e. The molecule has 0 N–H and O–H groups in total. The highest BCUT2D eigenvalue weighted by Gasteiger charge is 2.20. The van der Waals surface area contributed by atoms with Crippen LogP contribution >= 0.6 is 0 Å². The number of aromatic nitrogens is 1. The monoisotopic (exact) mass is 221 g/mol. The first-order chi connectivity index (χ1) is 7.77. The van der Waals surface area contributed by atoms with E-state index in [0.717, 1.165) is 0 Å². The number of methoxy groups -OCH3 is 1. The van der Waals surface area contributed by atoms with Gasteiger partial charge in [0, 0.05) is 0 Å². The third kappa shape index (κ3) is 1.60. The van der Waals surface area contributed by atoms with Crippen molar-refractivity contribution in [1.29, 1.82) is 0 Å². The van der Waals surface area contributed by atoms with E-state index in [1.807, 2.05) is 0 Å². The van der Waals surface area contributed by atoms with Crippen LogP contribution in [-0.4, -0.2) is 24.8 Å². The Morgan fingerprint density at radius 2 is 2.31 bits per heavy atom. The summed E-state index contributed by atoms with van der Waals surface area (Å²) in [6.07, 6.45) is 0. The highest BCUT2D eigenvalue weighted by Crippen LogP contribution is 2.28.